The van der Waals surface area contributed by atoms with Crippen molar-refractivity contribution < 1.29 is 9.59 Å². The fraction of sp³-hybridized carbons (Fsp3) is 0.467. The van der Waals surface area contributed by atoms with Gasteiger partial charge < -0.3 is 16.0 Å². The number of anilines is 1. The molecule has 0 heterocycles. The van der Waals surface area contributed by atoms with Crippen molar-refractivity contribution >= 4 is 17.5 Å². The molecule has 0 radical (unpaired) electrons. The number of benzene rings is 1. The molecular weight excluding hydrogens is 254 g/mol. The SMILES string of the molecule is CNC(=O)CCCNC(C)c1cccc(NC(C)=O)c1. The fourth-order valence-corrected chi connectivity index (χ4v) is 1.90. The van der Waals surface area contributed by atoms with E-state index in [1.807, 2.05) is 24.3 Å². The van der Waals surface area contributed by atoms with Crippen molar-refractivity contribution in [2.24, 2.45) is 0 Å². The van der Waals surface area contributed by atoms with E-state index in [0.29, 0.717) is 6.42 Å². The Morgan fingerprint density at radius 2 is 2.05 bits per heavy atom. The highest BCUT2D eigenvalue weighted by Gasteiger charge is 2.06. The molecular formula is C15H23N3O2. The molecule has 0 saturated heterocycles. The molecule has 1 atom stereocenters. The zero-order valence-electron chi connectivity index (χ0n) is 12.3. The highest BCUT2D eigenvalue weighted by Crippen LogP contribution is 2.17. The predicted molar refractivity (Wildman–Crippen MR) is 80.5 cm³/mol. The van der Waals surface area contributed by atoms with E-state index in [2.05, 4.69) is 22.9 Å². The van der Waals surface area contributed by atoms with Crippen molar-refractivity contribution in [3.05, 3.63) is 29.8 Å². The van der Waals surface area contributed by atoms with E-state index in [-0.39, 0.29) is 17.9 Å². The molecule has 1 rings (SSSR count). The van der Waals surface area contributed by atoms with Gasteiger partial charge in [0.05, 0.1) is 0 Å². The molecule has 0 aliphatic rings. The summed E-state index contributed by atoms with van der Waals surface area (Å²) in [7, 11) is 1.64. The number of carbonyl (C=O) groups excluding carboxylic acids is 2. The van der Waals surface area contributed by atoms with Crippen LogP contribution in [0.25, 0.3) is 0 Å². The van der Waals surface area contributed by atoms with Crippen LogP contribution in [0.1, 0.15) is 38.3 Å². The summed E-state index contributed by atoms with van der Waals surface area (Å²) in [5, 5.41) is 8.74. The minimum Gasteiger partial charge on any atom is -0.359 e. The van der Waals surface area contributed by atoms with Gasteiger partial charge in [-0.05, 0) is 37.6 Å². The molecule has 110 valence electrons. The maximum absolute atomic E-state index is 11.1. The van der Waals surface area contributed by atoms with Gasteiger partial charge in [0.25, 0.3) is 0 Å². The Labute approximate surface area is 120 Å². The molecule has 0 aliphatic carbocycles. The summed E-state index contributed by atoms with van der Waals surface area (Å²) in [5.74, 6) is -0.0135. The molecule has 5 heteroatoms. The molecule has 20 heavy (non-hydrogen) atoms. The van der Waals surface area contributed by atoms with Crippen LogP contribution >= 0.6 is 0 Å². The maximum atomic E-state index is 11.1. The monoisotopic (exact) mass is 277 g/mol. The van der Waals surface area contributed by atoms with Crippen molar-refractivity contribution in [1.82, 2.24) is 10.6 Å². The third-order valence-corrected chi connectivity index (χ3v) is 3.02. The minimum absolute atomic E-state index is 0.0621. The van der Waals surface area contributed by atoms with Crippen molar-refractivity contribution in [2.75, 3.05) is 18.9 Å². The molecule has 2 amide bonds. The Kier molecular flexibility index (Phi) is 6.73. The molecule has 5 nitrogen and oxygen atoms in total. The van der Waals surface area contributed by atoms with Crippen molar-refractivity contribution in [1.29, 1.82) is 0 Å². The predicted octanol–water partition coefficient (Wildman–Crippen LogP) is 1.82. The molecule has 0 bridgehead atoms. The lowest BCUT2D eigenvalue weighted by Gasteiger charge is -2.15. The number of amides is 2. The second kappa shape index (κ2) is 8.32. The molecule has 0 aromatic heterocycles. The second-order valence-corrected chi connectivity index (χ2v) is 4.76. The second-order valence-electron chi connectivity index (χ2n) is 4.76. The third-order valence-electron chi connectivity index (χ3n) is 3.02. The normalized spacial score (nSPS) is 11.8. The first-order valence-electron chi connectivity index (χ1n) is 6.84. The zero-order valence-corrected chi connectivity index (χ0v) is 12.3. The van der Waals surface area contributed by atoms with Gasteiger partial charge in [-0.15, -0.1) is 0 Å². The first-order chi connectivity index (χ1) is 9.52. The van der Waals surface area contributed by atoms with Gasteiger partial charge in [0.15, 0.2) is 0 Å². The quantitative estimate of drug-likeness (QED) is 0.666. The van der Waals surface area contributed by atoms with Gasteiger partial charge in [0.2, 0.25) is 11.8 Å². The molecule has 0 spiro atoms. The summed E-state index contributed by atoms with van der Waals surface area (Å²) in [4.78, 5) is 22.1. The van der Waals surface area contributed by atoms with Gasteiger partial charge in [0.1, 0.15) is 0 Å². The van der Waals surface area contributed by atoms with E-state index < -0.39 is 0 Å². The minimum atomic E-state index is -0.0756. The summed E-state index contributed by atoms with van der Waals surface area (Å²) in [6, 6.07) is 7.93. The molecule has 1 aromatic carbocycles. The van der Waals surface area contributed by atoms with E-state index in [1.165, 1.54) is 6.92 Å². The van der Waals surface area contributed by atoms with E-state index in [1.54, 1.807) is 7.05 Å². The van der Waals surface area contributed by atoms with Gasteiger partial charge in [-0.3, -0.25) is 9.59 Å². The fourth-order valence-electron chi connectivity index (χ4n) is 1.90. The van der Waals surface area contributed by atoms with Crippen LogP contribution in [0.2, 0.25) is 0 Å². The lowest BCUT2D eigenvalue weighted by atomic mass is 10.1. The summed E-state index contributed by atoms with van der Waals surface area (Å²) in [6.45, 7) is 4.33. The first kappa shape index (κ1) is 16.2. The zero-order chi connectivity index (χ0) is 15.0. The third kappa shape index (κ3) is 5.84. The Morgan fingerprint density at radius 3 is 2.70 bits per heavy atom. The summed E-state index contributed by atoms with van der Waals surface area (Å²) < 4.78 is 0. The Balaban J connectivity index is 2.44. The lowest BCUT2D eigenvalue weighted by Crippen LogP contribution is -2.23. The van der Waals surface area contributed by atoms with E-state index in [4.69, 9.17) is 0 Å². The summed E-state index contributed by atoms with van der Waals surface area (Å²) >= 11 is 0. The van der Waals surface area contributed by atoms with Crippen LogP contribution in [0.3, 0.4) is 0 Å². The lowest BCUT2D eigenvalue weighted by molar-refractivity contribution is -0.120. The number of rotatable bonds is 7. The highest BCUT2D eigenvalue weighted by atomic mass is 16.2. The maximum Gasteiger partial charge on any atom is 0.221 e. The van der Waals surface area contributed by atoms with E-state index >= 15 is 0 Å². The van der Waals surface area contributed by atoms with Crippen molar-refractivity contribution in [3.63, 3.8) is 0 Å². The van der Waals surface area contributed by atoms with Crippen LogP contribution in [0, 0.1) is 0 Å². The van der Waals surface area contributed by atoms with Gasteiger partial charge in [0, 0.05) is 32.1 Å². The number of hydrogen-bond donors (Lipinski definition) is 3. The highest BCUT2D eigenvalue weighted by molar-refractivity contribution is 5.88. The van der Waals surface area contributed by atoms with Gasteiger partial charge >= 0.3 is 0 Å². The number of carbonyl (C=O) groups is 2. The standard InChI is InChI=1S/C15H23N3O2/c1-11(17-9-5-8-15(20)16-3)13-6-4-7-14(10-13)18-12(2)19/h4,6-7,10-11,17H,5,8-9H2,1-3H3,(H,16,20)(H,18,19). The largest absolute Gasteiger partial charge is 0.359 e. The average molecular weight is 277 g/mol. The molecule has 0 saturated carbocycles. The van der Waals surface area contributed by atoms with Crippen LogP contribution in [0.15, 0.2) is 24.3 Å². The van der Waals surface area contributed by atoms with E-state index in [9.17, 15) is 9.59 Å². The smallest absolute Gasteiger partial charge is 0.221 e. The van der Waals surface area contributed by atoms with Gasteiger partial charge in [-0.1, -0.05) is 12.1 Å². The topological polar surface area (TPSA) is 70.2 Å². The van der Waals surface area contributed by atoms with E-state index in [0.717, 1.165) is 24.2 Å². The van der Waals surface area contributed by atoms with Crippen molar-refractivity contribution in [3.8, 4) is 0 Å². The van der Waals surface area contributed by atoms with Crippen LogP contribution in [0.4, 0.5) is 5.69 Å². The van der Waals surface area contributed by atoms with Crippen LogP contribution < -0.4 is 16.0 Å². The summed E-state index contributed by atoms with van der Waals surface area (Å²) in [6.07, 6.45) is 1.33. The Hall–Kier alpha value is -1.88. The van der Waals surface area contributed by atoms with Crippen LogP contribution in [-0.2, 0) is 9.59 Å². The number of nitrogens with one attached hydrogen (secondary N) is 3. The van der Waals surface area contributed by atoms with Crippen LogP contribution in [-0.4, -0.2) is 25.4 Å². The van der Waals surface area contributed by atoms with Gasteiger partial charge in [-0.2, -0.15) is 0 Å². The Bertz CT molecular complexity index is 460. The molecule has 3 N–H and O–H groups in total. The van der Waals surface area contributed by atoms with Crippen LogP contribution in [0.5, 0.6) is 0 Å². The Morgan fingerprint density at radius 1 is 1.30 bits per heavy atom. The first-order valence-corrected chi connectivity index (χ1v) is 6.84. The molecule has 1 unspecified atom stereocenters. The van der Waals surface area contributed by atoms with Gasteiger partial charge in [-0.25, -0.2) is 0 Å². The molecule has 1 aromatic rings. The molecule has 0 fully saturated rings. The molecule has 0 aliphatic heterocycles. The van der Waals surface area contributed by atoms with Crippen molar-refractivity contribution in [2.45, 2.75) is 32.7 Å². The summed E-state index contributed by atoms with van der Waals surface area (Å²) in [5.41, 5.74) is 1.91. The average Bonchev–Trinajstić information content (AvgIpc) is 2.42. The number of hydrogen-bond acceptors (Lipinski definition) is 3.